The van der Waals surface area contributed by atoms with Crippen molar-refractivity contribution in [2.75, 3.05) is 39.3 Å². The van der Waals surface area contributed by atoms with E-state index >= 15 is 0 Å². The van der Waals surface area contributed by atoms with Gasteiger partial charge in [-0.05, 0) is 12.1 Å². The third kappa shape index (κ3) is 4.67. The molecule has 0 bridgehead atoms. The van der Waals surface area contributed by atoms with Crippen LogP contribution in [0.5, 0.6) is 5.75 Å². The first kappa shape index (κ1) is 11.8. The Morgan fingerprint density at radius 2 is 1.80 bits per heavy atom. The van der Waals surface area contributed by atoms with Crippen LogP contribution in [-0.4, -0.2) is 33.5 Å². The zero-order valence-corrected chi connectivity index (χ0v) is 8.94. The average molecular weight is 211 g/mol. The molecule has 0 saturated heterocycles. The molecule has 0 spiro atoms. The maximum absolute atomic E-state index is 5.70. The molecular weight excluding hydrogens is 194 g/mol. The molecule has 4 nitrogen and oxygen atoms in total. The Labute approximate surface area is 89.9 Å². The van der Waals surface area contributed by atoms with Crippen molar-refractivity contribution in [1.29, 1.82) is 0 Å². The van der Waals surface area contributed by atoms with E-state index in [-0.39, 0.29) is 0 Å². The van der Waals surface area contributed by atoms with Crippen molar-refractivity contribution in [2.24, 2.45) is 0 Å². The number of nitrogen functional groups attached to an aromatic ring is 1. The number of ether oxygens (including phenoxy) is 3. The molecule has 0 aromatic heterocycles. The normalized spacial score (nSPS) is 10.2. The second kappa shape index (κ2) is 7.09. The lowest BCUT2D eigenvalue weighted by Crippen LogP contribution is -2.10. The third-order valence-electron chi connectivity index (χ3n) is 1.84. The minimum atomic E-state index is 0.498. The van der Waals surface area contributed by atoms with Crippen molar-refractivity contribution in [3.63, 3.8) is 0 Å². The topological polar surface area (TPSA) is 53.7 Å². The third-order valence-corrected chi connectivity index (χ3v) is 1.84. The van der Waals surface area contributed by atoms with Crippen molar-refractivity contribution < 1.29 is 14.2 Å². The molecule has 0 aliphatic rings. The summed E-state index contributed by atoms with van der Waals surface area (Å²) in [6.45, 7) is 2.23. The SMILES string of the molecule is COCCOCCOc1ccccc1N. The molecule has 15 heavy (non-hydrogen) atoms. The van der Waals surface area contributed by atoms with Gasteiger partial charge < -0.3 is 19.9 Å². The monoisotopic (exact) mass is 211 g/mol. The molecule has 0 atom stereocenters. The van der Waals surface area contributed by atoms with E-state index in [1.165, 1.54) is 0 Å². The molecular formula is C11H17NO3. The van der Waals surface area contributed by atoms with Crippen molar-refractivity contribution in [1.82, 2.24) is 0 Å². The van der Waals surface area contributed by atoms with Crippen LogP contribution < -0.4 is 10.5 Å². The maximum atomic E-state index is 5.70. The first-order valence-corrected chi connectivity index (χ1v) is 4.88. The Balaban J connectivity index is 2.12. The quantitative estimate of drug-likeness (QED) is 0.545. The molecule has 0 radical (unpaired) electrons. The molecule has 4 heteroatoms. The van der Waals surface area contributed by atoms with Gasteiger partial charge in [0.25, 0.3) is 0 Å². The van der Waals surface area contributed by atoms with Gasteiger partial charge in [-0.3, -0.25) is 0 Å². The second-order valence-electron chi connectivity index (χ2n) is 2.99. The minimum absolute atomic E-state index is 0.498. The minimum Gasteiger partial charge on any atom is -0.489 e. The summed E-state index contributed by atoms with van der Waals surface area (Å²) in [6, 6.07) is 7.40. The predicted octanol–water partition coefficient (Wildman–Crippen LogP) is 1.31. The van der Waals surface area contributed by atoms with E-state index in [2.05, 4.69) is 0 Å². The molecule has 0 aliphatic heterocycles. The summed E-state index contributed by atoms with van der Waals surface area (Å²) in [4.78, 5) is 0. The van der Waals surface area contributed by atoms with Crippen molar-refractivity contribution in [3.05, 3.63) is 24.3 Å². The Morgan fingerprint density at radius 1 is 1.07 bits per heavy atom. The number of hydrogen-bond acceptors (Lipinski definition) is 4. The Hall–Kier alpha value is -1.26. The number of benzene rings is 1. The molecule has 0 aliphatic carbocycles. The van der Waals surface area contributed by atoms with Gasteiger partial charge in [0.15, 0.2) is 0 Å². The first-order chi connectivity index (χ1) is 7.34. The maximum Gasteiger partial charge on any atom is 0.142 e. The summed E-state index contributed by atoms with van der Waals surface area (Å²) in [7, 11) is 1.64. The van der Waals surface area contributed by atoms with Gasteiger partial charge in [-0.2, -0.15) is 0 Å². The molecule has 0 heterocycles. The molecule has 1 aromatic carbocycles. The number of hydrogen-bond donors (Lipinski definition) is 1. The van der Waals surface area contributed by atoms with Crippen LogP contribution in [0.4, 0.5) is 5.69 Å². The van der Waals surface area contributed by atoms with Crippen LogP contribution in [0.2, 0.25) is 0 Å². The Morgan fingerprint density at radius 3 is 2.53 bits per heavy atom. The molecule has 0 amide bonds. The van der Waals surface area contributed by atoms with E-state index in [0.29, 0.717) is 37.9 Å². The van der Waals surface area contributed by atoms with Gasteiger partial charge in [0, 0.05) is 7.11 Å². The summed E-state index contributed by atoms with van der Waals surface area (Å²) in [5.74, 6) is 0.702. The van der Waals surface area contributed by atoms with E-state index in [9.17, 15) is 0 Å². The highest BCUT2D eigenvalue weighted by Crippen LogP contribution is 2.19. The molecule has 84 valence electrons. The summed E-state index contributed by atoms with van der Waals surface area (Å²) in [6.07, 6.45) is 0. The number of rotatable bonds is 7. The van der Waals surface area contributed by atoms with Gasteiger partial charge in [0.05, 0.1) is 25.5 Å². The van der Waals surface area contributed by atoms with Crippen LogP contribution >= 0.6 is 0 Å². The molecule has 1 aromatic rings. The zero-order valence-electron chi connectivity index (χ0n) is 8.94. The Kier molecular flexibility index (Phi) is 5.58. The smallest absolute Gasteiger partial charge is 0.142 e. The predicted molar refractivity (Wildman–Crippen MR) is 59.0 cm³/mol. The fourth-order valence-corrected chi connectivity index (χ4v) is 1.07. The molecule has 1 rings (SSSR count). The van der Waals surface area contributed by atoms with Crippen molar-refractivity contribution in [3.8, 4) is 5.75 Å². The fourth-order valence-electron chi connectivity index (χ4n) is 1.07. The van der Waals surface area contributed by atoms with E-state index in [1.54, 1.807) is 13.2 Å². The summed E-state index contributed by atoms with van der Waals surface area (Å²) >= 11 is 0. The van der Waals surface area contributed by atoms with Crippen molar-refractivity contribution >= 4 is 5.69 Å². The van der Waals surface area contributed by atoms with Crippen LogP contribution in [0.1, 0.15) is 0 Å². The van der Waals surface area contributed by atoms with Crippen LogP contribution in [0.25, 0.3) is 0 Å². The number of nitrogens with two attached hydrogens (primary N) is 1. The van der Waals surface area contributed by atoms with E-state index in [1.807, 2.05) is 18.2 Å². The van der Waals surface area contributed by atoms with Gasteiger partial charge in [-0.1, -0.05) is 12.1 Å². The Bertz CT molecular complexity index is 278. The highest BCUT2D eigenvalue weighted by molar-refractivity contribution is 5.51. The van der Waals surface area contributed by atoms with E-state index in [4.69, 9.17) is 19.9 Å². The molecule has 0 fully saturated rings. The number of anilines is 1. The standard InChI is InChI=1S/C11H17NO3/c1-13-6-7-14-8-9-15-11-5-3-2-4-10(11)12/h2-5H,6-9,12H2,1H3. The van der Waals surface area contributed by atoms with Crippen LogP contribution in [0.15, 0.2) is 24.3 Å². The average Bonchev–Trinajstić information content (AvgIpc) is 2.25. The largest absolute Gasteiger partial charge is 0.489 e. The lowest BCUT2D eigenvalue weighted by atomic mass is 10.3. The molecule has 0 unspecified atom stereocenters. The lowest BCUT2D eigenvalue weighted by molar-refractivity contribution is 0.0545. The number of para-hydroxylation sites is 2. The van der Waals surface area contributed by atoms with E-state index < -0.39 is 0 Å². The second-order valence-corrected chi connectivity index (χ2v) is 2.99. The van der Waals surface area contributed by atoms with Gasteiger partial charge in [-0.25, -0.2) is 0 Å². The lowest BCUT2D eigenvalue weighted by Gasteiger charge is -2.08. The van der Waals surface area contributed by atoms with Gasteiger partial charge >= 0.3 is 0 Å². The first-order valence-electron chi connectivity index (χ1n) is 4.88. The number of methoxy groups -OCH3 is 1. The molecule has 2 N–H and O–H groups in total. The van der Waals surface area contributed by atoms with Gasteiger partial charge in [0.2, 0.25) is 0 Å². The van der Waals surface area contributed by atoms with Gasteiger partial charge in [0.1, 0.15) is 12.4 Å². The highest BCUT2D eigenvalue weighted by atomic mass is 16.5. The molecule has 0 saturated carbocycles. The summed E-state index contributed by atoms with van der Waals surface area (Å²) < 4.78 is 15.5. The summed E-state index contributed by atoms with van der Waals surface area (Å²) in [5.41, 5.74) is 6.34. The van der Waals surface area contributed by atoms with Crippen molar-refractivity contribution in [2.45, 2.75) is 0 Å². The van der Waals surface area contributed by atoms with Crippen LogP contribution in [0.3, 0.4) is 0 Å². The van der Waals surface area contributed by atoms with Crippen LogP contribution in [0, 0.1) is 0 Å². The summed E-state index contributed by atoms with van der Waals surface area (Å²) in [5, 5.41) is 0. The van der Waals surface area contributed by atoms with Crippen LogP contribution in [-0.2, 0) is 9.47 Å². The zero-order chi connectivity index (χ0) is 10.9. The fraction of sp³-hybridized carbons (Fsp3) is 0.455. The highest BCUT2D eigenvalue weighted by Gasteiger charge is 1.97. The van der Waals surface area contributed by atoms with E-state index in [0.717, 1.165) is 0 Å². The van der Waals surface area contributed by atoms with Gasteiger partial charge in [-0.15, -0.1) is 0 Å².